The highest BCUT2D eigenvalue weighted by Crippen LogP contribution is 2.44. The van der Waals surface area contributed by atoms with Crippen molar-refractivity contribution < 1.29 is 28.6 Å². The van der Waals surface area contributed by atoms with Crippen molar-refractivity contribution in [3.05, 3.63) is 83.3 Å². The minimum Gasteiger partial charge on any atom is -0.480 e. The van der Waals surface area contributed by atoms with Gasteiger partial charge in [-0.25, -0.2) is 9.59 Å². The number of carboxylic acids is 1. The molecule has 180 valence electrons. The summed E-state index contributed by atoms with van der Waals surface area (Å²) in [5.41, 5.74) is 4.57. The molecule has 2 amide bonds. The van der Waals surface area contributed by atoms with Crippen LogP contribution in [-0.4, -0.2) is 58.7 Å². The Kier molecular flexibility index (Phi) is 6.50. The predicted octanol–water partition coefficient (Wildman–Crippen LogP) is 3.96. The molecule has 0 radical (unpaired) electrons. The molecule has 1 aliphatic heterocycles. The third-order valence-corrected chi connectivity index (χ3v) is 7.32. The average molecular weight is 493 g/mol. The number of furan rings is 1. The number of rotatable bonds is 6. The van der Waals surface area contributed by atoms with Gasteiger partial charge in [-0.1, -0.05) is 48.5 Å². The molecule has 0 bridgehead atoms. The van der Waals surface area contributed by atoms with E-state index in [1.165, 1.54) is 22.7 Å². The van der Waals surface area contributed by atoms with Crippen LogP contribution in [0.5, 0.6) is 0 Å². The number of carbonyl (C=O) groups excluding carboxylic acids is 2. The van der Waals surface area contributed by atoms with E-state index >= 15 is 0 Å². The van der Waals surface area contributed by atoms with E-state index in [0.29, 0.717) is 23.8 Å². The molecule has 2 aromatic carbocycles. The number of nitrogens with one attached hydrogen (secondary N) is 1. The van der Waals surface area contributed by atoms with Crippen LogP contribution in [0, 0.1) is 0 Å². The number of fused-ring (bicyclic) bond motifs is 3. The summed E-state index contributed by atoms with van der Waals surface area (Å²) in [7, 11) is 0. The van der Waals surface area contributed by atoms with Gasteiger partial charge in [0.1, 0.15) is 18.4 Å². The molecule has 3 aromatic rings. The van der Waals surface area contributed by atoms with Gasteiger partial charge < -0.3 is 24.5 Å². The van der Waals surface area contributed by atoms with E-state index in [0.717, 1.165) is 22.3 Å². The maximum atomic E-state index is 12.8. The maximum Gasteiger partial charge on any atom is 0.407 e. The quantitative estimate of drug-likeness (QED) is 0.536. The lowest BCUT2D eigenvalue weighted by atomic mass is 9.98. The number of carbonyl (C=O) groups is 3. The first-order valence-corrected chi connectivity index (χ1v) is 12.5. The lowest BCUT2D eigenvalue weighted by Gasteiger charge is -2.31. The number of amides is 2. The molecule has 8 nitrogen and oxygen atoms in total. The van der Waals surface area contributed by atoms with Crippen molar-refractivity contribution in [2.24, 2.45) is 0 Å². The normalized spacial score (nSPS) is 16.9. The highest BCUT2D eigenvalue weighted by molar-refractivity contribution is 7.99. The fourth-order valence-corrected chi connectivity index (χ4v) is 5.63. The van der Waals surface area contributed by atoms with Crippen LogP contribution in [0.3, 0.4) is 0 Å². The Bertz CT molecular complexity index is 1230. The zero-order valence-corrected chi connectivity index (χ0v) is 19.6. The number of alkyl carbamates (subject to hydrolysis) is 1. The smallest absolute Gasteiger partial charge is 0.407 e. The number of thioether (sulfide) groups is 1. The van der Waals surface area contributed by atoms with Crippen LogP contribution in [0.1, 0.15) is 33.4 Å². The van der Waals surface area contributed by atoms with E-state index in [1.807, 2.05) is 24.3 Å². The van der Waals surface area contributed by atoms with E-state index < -0.39 is 24.0 Å². The standard InChI is InChI=1S/C26H24N2O6S/c29-24(28-11-12-35-15-22(28)25(30)31)23-10-9-16(34-23)13-27-26(32)33-14-21-19-7-3-1-5-17(19)18-6-2-4-8-20(18)21/h1-10,21-22H,11-15H2,(H,27,32)(H,30,31). The van der Waals surface area contributed by atoms with Gasteiger partial charge in [0.2, 0.25) is 0 Å². The van der Waals surface area contributed by atoms with E-state index in [1.54, 1.807) is 6.07 Å². The minimum atomic E-state index is -1.03. The van der Waals surface area contributed by atoms with Crippen LogP contribution in [-0.2, 0) is 16.1 Å². The molecule has 2 N–H and O–H groups in total. The molecule has 9 heteroatoms. The zero-order chi connectivity index (χ0) is 24.4. The highest BCUT2D eigenvalue weighted by Gasteiger charge is 2.34. The van der Waals surface area contributed by atoms with Crippen LogP contribution >= 0.6 is 11.8 Å². The topological polar surface area (TPSA) is 109 Å². The zero-order valence-electron chi connectivity index (χ0n) is 18.8. The van der Waals surface area contributed by atoms with Crippen molar-refractivity contribution in [2.45, 2.75) is 18.5 Å². The summed E-state index contributed by atoms with van der Waals surface area (Å²) >= 11 is 1.50. The van der Waals surface area contributed by atoms with Crippen molar-refractivity contribution >= 4 is 29.7 Å². The van der Waals surface area contributed by atoms with Gasteiger partial charge in [-0.15, -0.1) is 0 Å². The molecule has 1 saturated heterocycles. The highest BCUT2D eigenvalue weighted by atomic mass is 32.2. The third-order valence-electron chi connectivity index (χ3n) is 6.30. The summed E-state index contributed by atoms with van der Waals surface area (Å²) in [6.45, 7) is 0.585. The third kappa shape index (κ3) is 4.64. The van der Waals surface area contributed by atoms with Gasteiger partial charge in [-0.3, -0.25) is 4.79 Å². The Labute approximate surface area is 206 Å². The molecular weight excluding hydrogens is 468 g/mol. The summed E-state index contributed by atoms with van der Waals surface area (Å²) < 4.78 is 11.1. The SMILES string of the molecule is O=C(NCc1ccc(C(=O)N2CCSCC2C(=O)O)o1)OCC1c2ccccc2-c2ccccc21. The van der Waals surface area contributed by atoms with Crippen LogP contribution in [0.4, 0.5) is 4.79 Å². The number of hydrogen-bond acceptors (Lipinski definition) is 6. The van der Waals surface area contributed by atoms with Gasteiger partial charge in [0.05, 0.1) is 6.54 Å². The number of benzene rings is 2. The lowest BCUT2D eigenvalue weighted by molar-refractivity contribution is -0.141. The molecule has 1 aromatic heterocycles. The largest absolute Gasteiger partial charge is 0.480 e. The Hall–Kier alpha value is -3.72. The van der Waals surface area contributed by atoms with Crippen LogP contribution in [0.25, 0.3) is 11.1 Å². The van der Waals surface area contributed by atoms with Crippen molar-refractivity contribution in [1.82, 2.24) is 10.2 Å². The van der Waals surface area contributed by atoms with Crippen molar-refractivity contribution in [1.29, 1.82) is 0 Å². The Morgan fingerprint density at radius 1 is 1.03 bits per heavy atom. The van der Waals surface area contributed by atoms with E-state index in [-0.39, 0.29) is 24.8 Å². The van der Waals surface area contributed by atoms with Crippen LogP contribution < -0.4 is 5.32 Å². The molecule has 1 unspecified atom stereocenters. The van der Waals surface area contributed by atoms with Gasteiger partial charge in [0.25, 0.3) is 5.91 Å². The summed E-state index contributed by atoms with van der Waals surface area (Å²) in [5, 5.41) is 12.0. The van der Waals surface area contributed by atoms with E-state index in [9.17, 15) is 19.5 Å². The second kappa shape index (κ2) is 9.87. The molecule has 2 heterocycles. The summed E-state index contributed by atoms with van der Waals surface area (Å²) in [5.74, 6) is -0.0949. The van der Waals surface area contributed by atoms with Crippen LogP contribution in [0.15, 0.2) is 65.1 Å². The summed E-state index contributed by atoms with van der Waals surface area (Å²) in [4.78, 5) is 37.9. The van der Waals surface area contributed by atoms with Crippen molar-refractivity contribution in [3.8, 4) is 11.1 Å². The summed E-state index contributed by atoms with van der Waals surface area (Å²) in [6, 6.07) is 18.4. The van der Waals surface area contributed by atoms with Gasteiger partial charge in [0.15, 0.2) is 5.76 Å². The number of aliphatic carboxylic acids is 1. The van der Waals surface area contributed by atoms with Crippen molar-refractivity contribution in [3.63, 3.8) is 0 Å². The molecule has 35 heavy (non-hydrogen) atoms. The first-order valence-electron chi connectivity index (χ1n) is 11.3. The van der Waals surface area contributed by atoms with Gasteiger partial charge in [-0.2, -0.15) is 11.8 Å². The fraction of sp³-hybridized carbons (Fsp3) is 0.269. The molecule has 0 saturated carbocycles. The van der Waals surface area contributed by atoms with Crippen molar-refractivity contribution in [2.75, 3.05) is 24.7 Å². The second-order valence-electron chi connectivity index (χ2n) is 8.37. The maximum absolute atomic E-state index is 12.8. The molecule has 1 aliphatic carbocycles. The molecule has 0 spiro atoms. The number of carboxylic acid groups (broad SMARTS) is 1. The molecule has 1 fully saturated rings. The predicted molar refractivity (Wildman–Crippen MR) is 130 cm³/mol. The Morgan fingerprint density at radius 3 is 2.40 bits per heavy atom. The Balaban J connectivity index is 1.17. The van der Waals surface area contributed by atoms with Gasteiger partial charge >= 0.3 is 12.1 Å². The second-order valence-corrected chi connectivity index (χ2v) is 9.52. The first-order chi connectivity index (χ1) is 17.0. The van der Waals surface area contributed by atoms with Gasteiger partial charge in [-0.05, 0) is 34.4 Å². The Morgan fingerprint density at radius 2 is 1.71 bits per heavy atom. The first kappa shape index (κ1) is 23.0. The minimum absolute atomic E-state index is 0.0362. The summed E-state index contributed by atoms with van der Waals surface area (Å²) in [6.07, 6.45) is -0.588. The molecule has 2 aliphatic rings. The molecule has 5 rings (SSSR count). The fourth-order valence-electron chi connectivity index (χ4n) is 4.59. The molecule has 1 atom stereocenters. The number of hydrogen-bond donors (Lipinski definition) is 2. The number of nitrogens with zero attached hydrogens (tertiary/aromatic N) is 1. The average Bonchev–Trinajstić information content (AvgIpc) is 3.49. The number of ether oxygens (including phenoxy) is 1. The van der Waals surface area contributed by atoms with Gasteiger partial charge in [0, 0.05) is 24.0 Å². The van der Waals surface area contributed by atoms with E-state index in [2.05, 4.69) is 29.6 Å². The lowest BCUT2D eigenvalue weighted by Crippen LogP contribution is -2.50. The monoisotopic (exact) mass is 492 g/mol. The van der Waals surface area contributed by atoms with Crippen LogP contribution in [0.2, 0.25) is 0 Å². The van der Waals surface area contributed by atoms with E-state index in [4.69, 9.17) is 9.15 Å². The molecular formula is C26H24N2O6S.